The standard InChI is InChI=1S/C17H12F3N3/c18-17(19,20)14-5-3-13(4-6-14)16-10-23(11-22-16)15-7-1-12(9-21)2-8-15/h1-11,21H. The Morgan fingerprint density at radius 3 is 2.17 bits per heavy atom. The van der Waals surface area contributed by atoms with Gasteiger partial charge in [-0.1, -0.05) is 24.3 Å². The van der Waals surface area contributed by atoms with Crippen molar-refractivity contribution in [1.82, 2.24) is 9.55 Å². The van der Waals surface area contributed by atoms with Gasteiger partial charge in [0, 0.05) is 23.7 Å². The van der Waals surface area contributed by atoms with E-state index in [1.807, 2.05) is 12.1 Å². The van der Waals surface area contributed by atoms with Crippen LogP contribution < -0.4 is 0 Å². The number of halogens is 3. The number of rotatable bonds is 3. The van der Waals surface area contributed by atoms with E-state index in [9.17, 15) is 13.2 Å². The minimum absolute atomic E-state index is 0.592. The number of aromatic nitrogens is 2. The van der Waals surface area contributed by atoms with Gasteiger partial charge in [-0.05, 0) is 29.8 Å². The molecule has 0 bridgehead atoms. The largest absolute Gasteiger partial charge is 0.416 e. The lowest BCUT2D eigenvalue weighted by Crippen LogP contribution is -2.03. The average molecular weight is 315 g/mol. The molecular formula is C17H12F3N3. The van der Waals surface area contributed by atoms with Crippen LogP contribution in [0.25, 0.3) is 16.9 Å². The Kier molecular flexibility index (Phi) is 3.73. The van der Waals surface area contributed by atoms with Gasteiger partial charge in [0.15, 0.2) is 0 Å². The lowest BCUT2D eigenvalue weighted by molar-refractivity contribution is -0.137. The highest BCUT2D eigenvalue weighted by Crippen LogP contribution is 2.30. The molecule has 1 aromatic heterocycles. The molecule has 0 aliphatic rings. The molecule has 23 heavy (non-hydrogen) atoms. The fourth-order valence-electron chi connectivity index (χ4n) is 2.19. The molecule has 0 fully saturated rings. The predicted octanol–water partition coefficient (Wildman–Crippen LogP) is 4.56. The Hall–Kier alpha value is -2.89. The Bertz CT molecular complexity index is 816. The van der Waals surface area contributed by atoms with Crippen LogP contribution >= 0.6 is 0 Å². The fourth-order valence-corrected chi connectivity index (χ4v) is 2.19. The number of alkyl halides is 3. The van der Waals surface area contributed by atoms with Crippen molar-refractivity contribution in [3.8, 4) is 16.9 Å². The highest BCUT2D eigenvalue weighted by Gasteiger charge is 2.30. The SMILES string of the molecule is N=Cc1ccc(-n2cnc(-c3ccc(C(F)(F)F)cc3)c2)cc1. The van der Waals surface area contributed by atoms with Gasteiger partial charge in [0.05, 0.1) is 17.6 Å². The molecule has 1 N–H and O–H groups in total. The van der Waals surface area contributed by atoms with Gasteiger partial charge in [0.25, 0.3) is 0 Å². The van der Waals surface area contributed by atoms with Gasteiger partial charge in [-0.2, -0.15) is 13.2 Å². The molecule has 3 nitrogen and oxygen atoms in total. The van der Waals surface area contributed by atoms with Gasteiger partial charge in [0.2, 0.25) is 0 Å². The molecule has 3 rings (SSSR count). The summed E-state index contributed by atoms with van der Waals surface area (Å²) in [4.78, 5) is 4.23. The number of hydrogen-bond donors (Lipinski definition) is 1. The van der Waals surface area contributed by atoms with Gasteiger partial charge in [-0.15, -0.1) is 0 Å². The van der Waals surface area contributed by atoms with E-state index in [1.54, 1.807) is 29.2 Å². The number of imidazole rings is 1. The van der Waals surface area contributed by atoms with Crippen molar-refractivity contribution in [3.05, 3.63) is 72.2 Å². The van der Waals surface area contributed by atoms with E-state index in [0.29, 0.717) is 11.3 Å². The summed E-state index contributed by atoms with van der Waals surface area (Å²) in [5.74, 6) is 0. The van der Waals surface area contributed by atoms with Crippen molar-refractivity contribution < 1.29 is 13.2 Å². The summed E-state index contributed by atoms with van der Waals surface area (Å²) in [6.07, 6.45) is 0.272. The Balaban J connectivity index is 1.87. The zero-order valence-corrected chi connectivity index (χ0v) is 11.9. The quantitative estimate of drug-likeness (QED) is 0.708. The van der Waals surface area contributed by atoms with Crippen molar-refractivity contribution in [3.63, 3.8) is 0 Å². The molecule has 3 aromatic rings. The third kappa shape index (κ3) is 3.15. The monoisotopic (exact) mass is 315 g/mol. The second-order valence-electron chi connectivity index (χ2n) is 4.98. The third-order valence-electron chi connectivity index (χ3n) is 3.45. The number of nitrogens with one attached hydrogen (secondary N) is 1. The zero-order valence-electron chi connectivity index (χ0n) is 11.9. The first-order valence-electron chi connectivity index (χ1n) is 6.80. The normalized spacial score (nSPS) is 11.4. The highest BCUT2D eigenvalue weighted by atomic mass is 19.4. The molecule has 0 atom stereocenters. The van der Waals surface area contributed by atoms with Crippen LogP contribution in [0, 0.1) is 5.41 Å². The van der Waals surface area contributed by atoms with Crippen molar-refractivity contribution in [2.75, 3.05) is 0 Å². The molecule has 0 spiro atoms. The fraction of sp³-hybridized carbons (Fsp3) is 0.0588. The summed E-state index contributed by atoms with van der Waals surface area (Å²) in [6, 6.07) is 12.2. The van der Waals surface area contributed by atoms with Gasteiger partial charge >= 0.3 is 6.18 Å². The summed E-state index contributed by atoms with van der Waals surface area (Å²) in [5.41, 5.74) is 2.18. The molecule has 0 saturated heterocycles. The van der Waals surface area contributed by atoms with Crippen molar-refractivity contribution in [2.24, 2.45) is 0 Å². The molecule has 0 amide bonds. The topological polar surface area (TPSA) is 41.7 Å². The van der Waals surface area contributed by atoms with Crippen LogP contribution in [0.2, 0.25) is 0 Å². The third-order valence-corrected chi connectivity index (χ3v) is 3.45. The number of benzene rings is 2. The molecule has 0 aliphatic carbocycles. The van der Waals surface area contributed by atoms with E-state index in [1.165, 1.54) is 18.3 Å². The molecule has 6 heteroatoms. The van der Waals surface area contributed by atoms with Crippen LogP contribution in [0.3, 0.4) is 0 Å². The first kappa shape index (κ1) is 15.0. The van der Waals surface area contributed by atoms with Gasteiger partial charge in [-0.3, -0.25) is 0 Å². The van der Waals surface area contributed by atoms with Crippen LogP contribution in [-0.4, -0.2) is 15.8 Å². The molecule has 2 aromatic carbocycles. The lowest BCUT2D eigenvalue weighted by atomic mass is 10.1. The Labute approximate surface area is 130 Å². The molecule has 116 valence electrons. The van der Waals surface area contributed by atoms with Gasteiger partial charge < -0.3 is 9.98 Å². The summed E-state index contributed by atoms with van der Waals surface area (Å²) >= 11 is 0. The minimum atomic E-state index is -4.34. The first-order valence-corrected chi connectivity index (χ1v) is 6.80. The van der Waals surface area contributed by atoms with Gasteiger partial charge in [0.1, 0.15) is 0 Å². The number of hydrogen-bond acceptors (Lipinski definition) is 2. The molecule has 0 radical (unpaired) electrons. The maximum absolute atomic E-state index is 12.6. The van der Waals surface area contributed by atoms with Crippen LogP contribution in [0.1, 0.15) is 11.1 Å². The van der Waals surface area contributed by atoms with E-state index in [-0.39, 0.29) is 0 Å². The van der Waals surface area contributed by atoms with E-state index < -0.39 is 11.7 Å². The molecule has 0 saturated carbocycles. The van der Waals surface area contributed by atoms with E-state index >= 15 is 0 Å². The van der Waals surface area contributed by atoms with Crippen molar-refractivity contribution >= 4 is 6.21 Å². The lowest BCUT2D eigenvalue weighted by Gasteiger charge is -2.06. The zero-order chi connectivity index (χ0) is 16.4. The second kappa shape index (κ2) is 5.72. The smallest absolute Gasteiger partial charge is 0.308 e. The van der Waals surface area contributed by atoms with Crippen LogP contribution in [0.5, 0.6) is 0 Å². The number of nitrogens with zero attached hydrogens (tertiary/aromatic N) is 2. The summed E-state index contributed by atoms with van der Waals surface area (Å²) < 4.78 is 39.5. The summed E-state index contributed by atoms with van der Waals surface area (Å²) in [5, 5.41) is 7.17. The summed E-state index contributed by atoms with van der Waals surface area (Å²) in [6.45, 7) is 0. The Morgan fingerprint density at radius 2 is 1.61 bits per heavy atom. The maximum Gasteiger partial charge on any atom is 0.416 e. The van der Waals surface area contributed by atoms with Crippen molar-refractivity contribution in [2.45, 2.75) is 6.18 Å². The molecule has 0 aliphatic heterocycles. The van der Waals surface area contributed by atoms with E-state index in [4.69, 9.17) is 5.41 Å². The first-order chi connectivity index (χ1) is 11.0. The average Bonchev–Trinajstić information content (AvgIpc) is 3.04. The van der Waals surface area contributed by atoms with E-state index in [2.05, 4.69) is 4.98 Å². The highest BCUT2D eigenvalue weighted by molar-refractivity contribution is 5.77. The minimum Gasteiger partial charge on any atom is -0.308 e. The van der Waals surface area contributed by atoms with Crippen LogP contribution in [0.15, 0.2) is 61.1 Å². The Morgan fingerprint density at radius 1 is 0.957 bits per heavy atom. The molecular weight excluding hydrogens is 303 g/mol. The summed E-state index contributed by atoms with van der Waals surface area (Å²) in [7, 11) is 0. The predicted molar refractivity (Wildman–Crippen MR) is 81.9 cm³/mol. The van der Waals surface area contributed by atoms with Crippen LogP contribution in [0.4, 0.5) is 13.2 Å². The second-order valence-corrected chi connectivity index (χ2v) is 4.98. The van der Waals surface area contributed by atoms with Gasteiger partial charge in [-0.25, -0.2) is 4.98 Å². The molecule has 0 unspecified atom stereocenters. The van der Waals surface area contributed by atoms with Crippen molar-refractivity contribution in [1.29, 1.82) is 5.41 Å². The maximum atomic E-state index is 12.6. The van der Waals surface area contributed by atoms with E-state index in [0.717, 1.165) is 23.4 Å². The molecule has 1 heterocycles. The van der Waals surface area contributed by atoms with Crippen LogP contribution in [-0.2, 0) is 6.18 Å².